The molecule has 1 aromatic carbocycles. The quantitative estimate of drug-likeness (QED) is 0.893. The van der Waals surface area contributed by atoms with Crippen LogP contribution in [0.4, 0.5) is 0 Å². The van der Waals surface area contributed by atoms with Crippen LogP contribution in [0.2, 0.25) is 0 Å². The predicted octanol–water partition coefficient (Wildman–Crippen LogP) is 1.73. The molecular weight excluding hydrogens is 326 g/mol. The second-order valence-corrected chi connectivity index (χ2v) is 6.54. The molecule has 1 fully saturated rings. The summed E-state index contributed by atoms with van der Waals surface area (Å²) in [5.74, 6) is -0.925. The summed E-state index contributed by atoms with van der Waals surface area (Å²) >= 11 is 1.59. The van der Waals surface area contributed by atoms with E-state index in [-0.39, 0.29) is 17.9 Å². The van der Waals surface area contributed by atoms with Gasteiger partial charge in [0.2, 0.25) is 5.91 Å². The highest BCUT2D eigenvalue weighted by Crippen LogP contribution is 2.12. The Kier molecular flexibility index (Phi) is 5.22. The van der Waals surface area contributed by atoms with E-state index in [1.807, 2.05) is 15.8 Å². The first-order valence-electron chi connectivity index (χ1n) is 7.81. The summed E-state index contributed by atoms with van der Waals surface area (Å²) in [6.45, 7) is 3.88. The lowest BCUT2D eigenvalue weighted by Gasteiger charge is -2.34. The van der Waals surface area contributed by atoms with E-state index >= 15 is 0 Å². The van der Waals surface area contributed by atoms with Crippen LogP contribution in [0.5, 0.6) is 0 Å². The first kappa shape index (κ1) is 16.6. The van der Waals surface area contributed by atoms with Crippen molar-refractivity contribution in [1.29, 1.82) is 0 Å². The Bertz CT molecular complexity index is 710. The van der Waals surface area contributed by atoms with Gasteiger partial charge in [-0.2, -0.15) is 0 Å². The molecule has 1 aromatic heterocycles. The average molecular weight is 345 g/mol. The topological polar surface area (TPSA) is 73.7 Å². The Balaban J connectivity index is 1.52. The molecule has 1 amide bonds. The number of benzene rings is 1. The lowest BCUT2D eigenvalue weighted by molar-refractivity contribution is -0.132. The molecule has 1 N–H and O–H groups in total. The maximum Gasteiger partial charge on any atom is 0.335 e. The van der Waals surface area contributed by atoms with Crippen molar-refractivity contribution in [3.63, 3.8) is 0 Å². The van der Waals surface area contributed by atoms with Gasteiger partial charge in [0.25, 0.3) is 0 Å². The van der Waals surface area contributed by atoms with Crippen molar-refractivity contribution >= 4 is 23.2 Å². The number of carboxylic acids is 1. The number of thiazole rings is 1. The molecule has 0 aliphatic carbocycles. The molecule has 24 heavy (non-hydrogen) atoms. The number of aromatic carboxylic acids is 1. The molecule has 7 heteroatoms. The van der Waals surface area contributed by atoms with Gasteiger partial charge >= 0.3 is 5.97 Å². The molecule has 1 saturated heterocycles. The number of rotatable bonds is 5. The highest BCUT2D eigenvalue weighted by atomic mass is 32.1. The molecule has 3 rings (SSSR count). The Morgan fingerprint density at radius 1 is 1.21 bits per heavy atom. The number of hydrogen-bond donors (Lipinski definition) is 1. The fourth-order valence-electron chi connectivity index (χ4n) is 2.80. The molecular formula is C17H19N3O3S. The van der Waals surface area contributed by atoms with Crippen LogP contribution in [0.1, 0.15) is 21.6 Å². The monoisotopic (exact) mass is 345 g/mol. The normalized spacial score (nSPS) is 15.4. The molecule has 126 valence electrons. The molecule has 6 nitrogen and oxygen atoms in total. The zero-order valence-electron chi connectivity index (χ0n) is 13.2. The lowest BCUT2D eigenvalue weighted by atomic mass is 10.1. The number of amides is 1. The third-order valence-corrected chi connectivity index (χ3v) is 4.76. The molecule has 0 bridgehead atoms. The van der Waals surface area contributed by atoms with Gasteiger partial charge in [0.15, 0.2) is 0 Å². The van der Waals surface area contributed by atoms with Crippen LogP contribution in [0, 0.1) is 0 Å². The second kappa shape index (κ2) is 7.55. The summed E-state index contributed by atoms with van der Waals surface area (Å²) in [5.41, 5.74) is 3.86. The van der Waals surface area contributed by atoms with Crippen molar-refractivity contribution in [2.75, 3.05) is 26.2 Å². The first-order valence-corrected chi connectivity index (χ1v) is 8.75. The van der Waals surface area contributed by atoms with Gasteiger partial charge in [-0.25, -0.2) is 9.78 Å². The minimum absolute atomic E-state index is 0.0471. The van der Waals surface area contributed by atoms with Crippen molar-refractivity contribution in [3.8, 4) is 0 Å². The molecule has 0 radical (unpaired) electrons. The van der Waals surface area contributed by atoms with Gasteiger partial charge in [-0.3, -0.25) is 9.69 Å². The van der Waals surface area contributed by atoms with E-state index in [9.17, 15) is 9.59 Å². The number of hydrogen-bond acceptors (Lipinski definition) is 5. The first-order chi connectivity index (χ1) is 11.6. The Morgan fingerprint density at radius 3 is 2.67 bits per heavy atom. The van der Waals surface area contributed by atoms with Gasteiger partial charge in [0.1, 0.15) is 0 Å². The summed E-state index contributed by atoms with van der Waals surface area (Å²) in [6, 6.07) is 6.58. The van der Waals surface area contributed by atoms with Crippen molar-refractivity contribution in [2.45, 2.75) is 13.0 Å². The van der Waals surface area contributed by atoms with Gasteiger partial charge in [0, 0.05) is 38.1 Å². The Morgan fingerprint density at radius 2 is 2.00 bits per heavy atom. The van der Waals surface area contributed by atoms with E-state index in [4.69, 9.17) is 5.11 Å². The summed E-state index contributed by atoms with van der Waals surface area (Å²) in [4.78, 5) is 31.9. The average Bonchev–Trinajstić information content (AvgIpc) is 3.08. The molecule has 0 spiro atoms. The number of carbonyl (C=O) groups is 2. The zero-order valence-corrected chi connectivity index (χ0v) is 14.0. The van der Waals surface area contributed by atoms with Crippen LogP contribution in [0.15, 0.2) is 35.2 Å². The molecule has 0 saturated carbocycles. The summed E-state index contributed by atoms with van der Waals surface area (Å²) in [6.07, 6.45) is 0.243. The zero-order chi connectivity index (χ0) is 16.9. The molecule has 1 aliphatic heterocycles. The van der Waals surface area contributed by atoms with E-state index in [1.165, 1.54) is 6.07 Å². The Hall–Kier alpha value is -2.25. The maximum atomic E-state index is 12.4. The summed E-state index contributed by atoms with van der Waals surface area (Å²) in [7, 11) is 0. The molecule has 2 heterocycles. The maximum absolute atomic E-state index is 12.4. The third-order valence-electron chi connectivity index (χ3n) is 4.12. The van der Waals surface area contributed by atoms with Gasteiger partial charge in [0.05, 0.1) is 23.2 Å². The highest BCUT2D eigenvalue weighted by Gasteiger charge is 2.21. The van der Waals surface area contributed by atoms with Crippen molar-refractivity contribution in [2.24, 2.45) is 0 Å². The Labute approximate surface area is 144 Å². The SMILES string of the molecule is O=C(O)c1cccc(CC(=O)N2CCN(Cc3cscn3)CC2)c1. The van der Waals surface area contributed by atoms with Gasteiger partial charge in [-0.15, -0.1) is 11.3 Å². The fourth-order valence-corrected chi connectivity index (χ4v) is 3.35. The van der Waals surface area contributed by atoms with Crippen molar-refractivity contribution in [1.82, 2.24) is 14.8 Å². The van der Waals surface area contributed by atoms with Crippen molar-refractivity contribution < 1.29 is 14.7 Å². The van der Waals surface area contributed by atoms with Crippen LogP contribution in [0.25, 0.3) is 0 Å². The van der Waals surface area contributed by atoms with Crippen LogP contribution in [-0.2, 0) is 17.8 Å². The number of nitrogens with zero attached hydrogens (tertiary/aromatic N) is 3. The fraction of sp³-hybridized carbons (Fsp3) is 0.353. The summed E-state index contributed by atoms with van der Waals surface area (Å²) < 4.78 is 0. The van der Waals surface area contributed by atoms with Crippen LogP contribution in [0.3, 0.4) is 0 Å². The largest absolute Gasteiger partial charge is 0.478 e. The lowest BCUT2D eigenvalue weighted by Crippen LogP contribution is -2.48. The van der Waals surface area contributed by atoms with Crippen molar-refractivity contribution in [3.05, 3.63) is 52.0 Å². The number of carboxylic acid groups (broad SMARTS) is 1. The van der Waals surface area contributed by atoms with E-state index < -0.39 is 5.97 Å². The van der Waals surface area contributed by atoms with E-state index in [1.54, 1.807) is 29.5 Å². The standard InChI is InChI=1S/C17H19N3O3S/c21-16(9-13-2-1-3-14(8-13)17(22)23)20-6-4-19(5-7-20)10-15-11-24-12-18-15/h1-3,8,11-12H,4-7,9-10H2,(H,22,23). The van der Waals surface area contributed by atoms with Crippen LogP contribution >= 0.6 is 11.3 Å². The number of carbonyl (C=O) groups excluding carboxylic acids is 1. The molecule has 1 aliphatic rings. The van der Waals surface area contributed by atoms with Gasteiger partial charge < -0.3 is 10.0 Å². The van der Waals surface area contributed by atoms with Crippen LogP contribution in [-0.4, -0.2) is 57.9 Å². The smallest absolute Gasteiger partial charge is 0.335 e. The second-order valence-electron chi connectivity index (χ2n) is 5.82. The molecule has 0 unspecified atom stereocenters. The van der Waals surface area contributed by atoms with E-state index in [0.29, 0.717) is 13.1 Å². The van der Waals surface area contributed by atoms with E-state index in [2.05, 4.69) is 9.88 Å². The molecule has 2 aromatic rings. The van der Waals surface area contributed by atoms with Crippen LogP contribution < -0.4 is 0 Å². The van der Waals surface area contributed by atoms with Gasteiger partial charge in [-0.1, -0.05) is 12.1 Å². The van der Waals surface area contributed by atoms with Gasteiger partial charge in [-0.05, 0) is 17.7 Å². The predicted molar refractivity (Wildman–Crippen MR) is 91.1 cm³/mol. The minimum Gasteiger partial charge on any atom is -0.478 e. The third kappa shape index (κ3) is 4.18. The highest BCUT2D eigenvalue weighted by molar-refractivity contribution is 7.07. The summed E-state index contributed by atoms with van der Waals surface area (Å²) in [5, 5.41) is 11.1. The van der Waals surface area contributed by atoms with E-state index in [0.717, 1.165) is 30.9 Å². The minimum atomic E-state index is -0.972. The number of aromatic nitrogens is 1. The molecule has 0 atom stereocenters. The number of piperazine rings is 1.